The summed E-state index contributed by atoms with van der Waals surface area (Å²) < 4.78 is 0. The van der Waals surface area contributed by atoms with E-state index in [1.165, 1.54) is 12.1 Å². The van der Waals surface area contributed by atoms with E-state index in [4.69, 9.17) is 11.6 Å². The summed E-state index contributed by atoms with van der Waals surface area (Å²) in [5.41, 5.74) is 1.66. The molecule has 1 N–H and O–H groups in total. The second-order valence-corrected chi connectivity index (χ2v) is 6.49. The van der Waals surface area contributed by atoms with Crippen molar-refractivity contribution >= 4 is 28.6 Å². The van der Waals surface area contributed by atoms with Gasteiger partial charge in [-0.1, -0.05) is 11.6 Å². The third-order valence-corrected chi connectivity index (χ3v) is 4.66. The lowest BCUT2D eigenvalue weighted by Gasteiger charge is -2.13. The molecule has 2 rings (SSSR count). The molecule has 5 nitrogen and oxygen atoms in total. The molecule has 1 atom stereocenters. The van der Waals surface area contributed by atoms with Crippen molar-refractivity contribution in [2.24, 2.45) is 0 Å². The van der Waals surface area contributed by atoms with E-state index in [0.29, 0.717) is 17.1 Å². The highest BCUT2D eigenvalue weighted by Gasteiger charge is 2.17. The van der Waals surface area contributed by atoms with Gasteiger partial charge in [-0.05, 0) is 32.9 Å². The average Bonchev–Trinajstić information content (AvgIpc) is 2.74. The molecule has 0 saturated heterocycles. The Balaban J connectivity index is 2.14. The van der Waals surface area contributed by atoms with Crippen LogP contribution in [-0.2, 0) is 6.54 Å². The number of rotatable bonds is 5. The van der Waals surface area contributed by atoms with Gasteiger partial charge in [-0.2, -0.15) is 0 Å². The van der Waals surface area contributed by atoms with Crippen molar-refractivity contribution in [2.75, 3.05) is 0 Å². The minimum atomic E-state index is -0.389. The number of halogens is 1. The third kappa shape index (κ3) is 3.78. The number of nitro groups is 1. The molecule has 2 aromatic rings. The number of aryl methyl sites for hydroxylation is 2. The van der Waals surface area contributed by atoms with E-state index in [1.807, 2.05) is 20.8 Å². The number of hydrogen-bond acceptors (Lipinski definition) is 5. The Labute approximate surface area is 132 Å². The highest BCUT2D eigenvalue weighted by molar-refractivity contribution is 7.11. The van der Waals surface area contributed by atoms with E-state index in [1.54, 1.807) is 17.4 Å². The van der Waals surface area contributed by atoms with Crippen LogP contribution >= 0.6 is 22.9 Å². The Kier molecular flexibility index (Phi) is 4.92. The fourth-order valence-corrected chi connectivity index (χ4v) is 3.33. The molecule has 1 aromatic heterocycles. The highest BCUT2D eigenvalue weighted by atomic mass is 35.5. The van der Waals surface area contributed by atoms with Crippen molar-refractivity contribution in [2.45, 2.75) is 33.4 Å². The lowest BCUT2D eigenvalue weighted by Crippen LogP contribution is -2.18. The zero-order valence-electron chi connectivity index (χ0n) is 12.0. The molecule has 1 unspecified atom stereocenters. The smallest absolute Gasteiger partial charge is 0.273 e. The van der Waals surface area contributed by atoms with Gasteiger partial charge in [0.1, 0.15) is 0 Å². The summed E-state index contributed by atoms with van der Waals surface area (Å²) in [5.74, 6) is 0. The van der Waals surface area contributed by atoms with Crippen molar-refractivity contribution < 1.29 is 4.92 Å². The number of aromatic nitrogens is 1. The first kappa shape index (κ1) is 15.9. The average molecular weight is 326 g/mol. The summed E-state index contributed by atoms with van der Waals surface area (Å²) >= 11 is 7.56. The van der Waals surface area contributed by atoms with Gasteiger partial charge >= 0.3 is 0 Å². The Hall–Kier alpha value is -1.50. The van der Waals surface area contributed by atoms with Gasteiger partial charge in [0.05, 0.1) is 15.6 Å². The molecule has 0 fully saturated rings. The monoisotopic (exact) mass is 325 g/mol. The molecule has 1 heterocycles. The van der Waals surface area contributed by atoms with Crippen LogP contribution in [0.25, 0.3) is 0 Å². The molecule has 7 heteroatoms. The molecule has 0 aliphatic heterocycles. The standard InChI is InChI=1S/C14H16ClN3O2S/c1-8(14-9(2)17-10(3)21-14)16-7-11-6-12(15)4-5-13(11)18(19)20/h4-6,8,16H,7H2,1-3H3. The van der Waals surface area contributed by atoms with E-state index in [9.17, 15) is 10.1 Å². The van der Waals surface area contributed by atoms with Gasteiger partial charge in [0, 0.05) is 34.1 Å². The lowest BCUT2D eigenvalue weighted by atomic mass is 10.1. The van der Waals surface area contributed by atoms with Crippen LogP contribution in [0.2, 0.25) is 5.02 Å². The first-order chi connectivity index (χ1) is 9.88. The first-order valence-electron chi connectivity index (χ1n) is 6.48. The summed E-state index contributed by atoms with van der Waals surface area (Å²) in [5, 5.41) is 15.8. The molecule has 1 aromatic carbocycles. The Bertz CT molecular complexity index is 672. The summed E-state index contributed by atoms with van der Waals surface area (Å²) in [4.78, 5) is 16.2. The van der Waals surface area contributed by atoms with Gasteiger partial charge in [-0.3, -0.25) is 10.1 Å². The fraction of sp³-hybridized carbons (Fsp3) is 0.357. The molecule has 112 valence electrons. The molecular weight excluding hydrogens is 310 g/mol. The van der Waals surface area contributed by atoms with E-state index < -0.39 is 0 Å². The quantitative estimate of drug-likeness (QED) is 0.661. The molecule has 0 bridgehead atoms. The van der Waals surface area contributed by atoms with Gasteiger partial charge in [0.2, 0.25) is 0 Å². The summed E-state index contributed by atoms with van der Waals surface area (Å²) in [6.07, 6.45) is 0. The van der Waals surface area contributed by atoms with Gasteiger partial charge < -0.3 is 5.32 Å². The van der Waals surface area contributed by atoms with Crippen molar-refractivity contribution in [1.29, 1.82) is 0 Å². The maximum absolute atomic E-state index is 11.0. The topological polar surface area (TPSA) is 68.1 Å². The number of benzene rings is 1. The van der Waals surface area contributed by atoms with Crippen molar-refractivity contribution in [3.05, 3.63) is 54.5 Å². The second kappa shape index (κ2) is 6.51. The first-order valence-corrected chi connectivity index (χ1v) is 7.68. The van der Waals surface area contributed by atoms with Crippen LogP contribution in [0, 0.1) is 24.0 Å². The van der Waals surface area contributed by atoms with Crippen LogP contribution in [0.15, 0.2) is 18.2 Å². The van der Waals surface area contributed by atoms with Gasteiger partial charge in [0.15, 0.2) is 0 Å². The number of nitrogens with one attached hydrogen (secondary N) is 1. The molecule has 0 amide bonds. The van der Waals surface area contributed by atoms with Crippen molar-refractivity contribution in [3.8, 4) is 0 Å². The van der Waals surface area contributed by atoms with Crippen molar-refractivity contribution in [1.82, 2.24) is 10.3 Å². The Morgan fingerprint density at radius 1 is 1.48 bits per heavy atom. The van der Waals surface area contributed by atoms with Crippen LogP contribution in [0.5, 0.6) is 0 Å². The zero-order valence-corrected chi connectivity index (χ0v) is 13.6. The summed E-state index contributed by atoms with van der Waals surface area (Å²) in [6.45, 7) is 6.35. The Morgan fingerprint density at radius 3 is 2.76 bits per heavy atom. The summed E-state index contributed by atoms with van der Waals surface area (Å²) in [7, 11) is 0. The van der Waals surface area contributed by atoms with Gasteiger partial charge in [0.25, 0.3) is 5.69 Å². The van der Waals surface area contributed by atoms with Crippen molar-refractivity contribution in [3.63, 3.8) is 0 Å². The predicted molar refractivity (Wildman–Crippen MR) is 84.9 cm³/mol. The van der Waals surface area contributed by atoms with E-state index in [0.717, 1.165) is 15.6 Å². The second-order valence-electron chi connectivity index (χ2n) is 4.82. The zero-order chi connectivity index (χ0) is 15.6. The maximum atomic E-state index is 11.0. The number of thiazole rings is 1. The van der Waals surface area contributed by atoms with Crippen LogP contribution in [0.4, 0.5) is 5.69 Å². The normalized spacial score (nSPS) is 12.4. The minimum Gasteiger partial charge on any atom is -0.305 e. The van der Waals surface area contributed by atoms with Crippen LogP contribution < -0.4 is 5.32 Å². The third-order valence-electron chi connectivity index (χ3n) is 3.17. The fourth-order valence-electron chi connectivity index (χ4n) is 2.18. The molecule has 0 spiro atoms. The van der Waals surface area contributed by atoms with Gasteiger partial charge in [-0.15, -0.1) is 11.3 Å². The number of nitrogens with zero attached hydrogens (tertiary/aromatic N) is 2. The SMILES string of the molecule is Cc1nc(C)c(C(C)NCc2cc(Cl)ccc2[N+](=O)[O-])s1. The molecule has 0 saturated carbocycles. The van der Waals surface area contributed by atoms with Crippen LogP contribution in [0.1, 0.15) is 34.1 Å². The highest BCUT2D eigenvalue weighted by Crippen LogP contribution is 2.26. The molecule has 0 aliphatic rings. The lowest BCUT2D eigenvalue weighted by molar-refractivity contribution is -0.385. The van der Waals surface area contributed by atoms with Crippen LogP contribution in [-0.4, -0.2) is 9.91 Å². The molecule has 0 radical (unpaired) electrons. The largest absolute Gasteiger partial charge is 0.305 e. The molecular formula is C14H16ClN3O2S. The summed E-state index contributed by atoms with van der Waals surface area (Å²) in [6, 6.07) is 4.68. The van der Waals surface area contributed by atoms with Gasteiger partial charge in [-0.25, -0.2) is 4.98 Å². The van der Waals surface area contributed by atoms with E-state index >= 15 is 0 Å². The Morgan fingerprint density at radius 2 is 2.19 bits per heavy atom. The maximum Gasteiger partial charge on any atom is 0.273 e. The predicted octanol–water partition coefficient (Wildman–Crippen LogP) is 4.17. The molecule has 21 heavy (non-hydrogen) atoms. The van der Waals surface area contributed by atoms with Crippen LogP contribution in [0.3, 0.4) is 0 Å². The van der Waals surface area contributed by atoms with E-state index in [-0.39, 0.29) is 16.7 Å². The number of hydrogen-bond donors (Lipinski definition) is 1. The minimum absolute atomic E-state index is 0.0785. The number of nitro benzene ring substituents is 1. The molecule has 0 aliphatic carbocycles. The van der Waals surface area contributed by atoms with E-state index in [2.05, 4.69) is 10.3 Å².